The number of aryl methyl sites for hydroxylation is 2. The van der Waals surface area contributed by atoms with Crippen LogP contribution in [0.5, 0.6) is 11.5 Å². The molecule has 2 aliphatic carbocycles. The Morgan fingerprint density at radius 1 is 0.667 bits per heavy atom. The molecule has 2 fully saturated rings. The van der Waals surface area contributed by atoms with Crippen molar-refractivity contribution in [3.63, 3.8) is 0 Å². The van der Waals surface area contributed by atoms with E-state index in [1.54, 1.807) is 19.2 Å². The molecule has 0 aliphatic heterocycles. The molecule has 2 aliphatic rings. The van der Waals surface area contributed by atoms with Crippen LogP contribution in [-0.4, -0.2) is 24.0 Å². The minimum absolute atomic E-state index is 0.0840. The van der Waals surface area contributed by atoms with Crippen LogP contribution in [0.3, 0.4) is 0 Å². The highest BCUT2D eigenvalue weighted by Gasteiger charge is 2.23. The number of aromatic hydroxyl groups is 1. The molecule has 4 rings (SSSR count). The van der Waals surface area contributed by atoms with E-state index in [2.05, 4.69) is 38.3 Å². The van der Waals surface area contributed by atoms with Crippen LogP contribution in [0.4, 0.5) is 11.4 Å². The van der Waals surface area contributed by atoms with Crippen LogP contribution >= 0.6 is 0 Å². The van der Waals surface area contributed by atoms with E-state index < -0.39 is 0 Å². The Morgan fingerprint density at radius 3 is 1.40 bits per heavy atom. The minimum atomic E-state index is 0.0840. The third-order valence-corrected chi connectivity index (χ3v) is 8.52. The van der Waals surface area contributed by atoms with Gasteiger partial charge in [0.2, 0.25) is 11.8 Å². The lowest BCUT2D eigenvalue weighted by molar-refractivity contribution is -0.120. The summed E-state index contributed by atoms with van der Waals surface area (Å²) in [6.07, 6.45) is 19.7. The number of anilines is 2. The van der Waals surface area contributed by atoms with Crippen molar-refractivity contribution in [2.45, 2.75) is 144 Å². The molecule has 2 amide bonds. The number of amides is 2. The smallest absolute Gasteiger partial charge is 0.227 e. The fourth-order valence-corrected chi connectivity index (χ4v) is 5.45. The van der Waals surface area contributed by atoms with E-state index in [1.165, 1.54) is 64.2 Å². The molecule has 2 aromatic rings. The number of carbonyl (C=O) groups excluding carboxylic acids is 2. The molecular weight excluding hydrogens is 560 g/mol. The Morgan fingerprint density at radius 2 is 1.04 bits per heavy atom. The van der Waals surface area contributed by atoms with Crippen LogP contribution in [0, 0.1) is 25.7 Å². The summed E-state index contributed by atoms with van der Waals surface area (Å²) in [6.45, 7) is 12.7. The lowest BCUT2D eigenvalue weighted by atomic mass is 10.1. The number of phenolic OH excluding ortho intramolecular Hbond substituents is 1. The molecule has 45 heavy (non-hydrogen) atoms. The molecule has 0 spiro atoms. The first-order valence-corrected chi connectivity index (χ1v) is 17.8. The molecule has 0 unspecified atom stereocenters. The van der Waals surface area contributed by atoms with E-state index in [4.69, 9.17) is 4.74 Å². The highest BCUT2D eigenvalue weighted by molar-refractivity contribution is 5.93. The van der Waals surface area contributed by atoms with Gasteiger partial charge in [-0.1, -0.05) is 117 Å². The number of nitrogens with one attached hydrogen (secondary N) is 2. The van der Waals surface area contributed by atoms with Gasteiger partial charge in [-0.15, -0.1) is 0 Å². The first-order valence-electron chi connectivity index (χ1n) is 17.8. The van der Waals surface area contributed by atoms with E-state index in [0.29, 0.717) is 5.69 Å². The number of ether oxygens (including phenoxy) is 1. The molecule has 0 saturated heterocycles. The molecule has 6 heteroatoms. The van der Waals surface area contributed by atoms with E-state index in [0.717, 1.165) is 61.1 Å². The van der Waals surface area contributed by atoms with Crippen molar-refractivity contribution in [3.8, 4) is 11.5 Å². The van der Waals surface area contributed by atoms with Crippen molar-refractivity contribution >= 4 is 23.2 Å². The molecule has 2 aromatic carbocycles. The van der Waals surface area contributed by atoms with Crippen LogP contribution in [0.25, 0.3) is 0 Å². The predicted molar refractivity (Wildman–Crippen MR) is 191 cm³/mol. The number of benzene rings is 2. The Kier molecular flexibility index (Phi) is 21.6. The summed E-state index contributed by atoms with van der Waals surface area (Å²) in [5.41, 5.74) is 3.40. The average Bonchev–Trinajstić information content (AvgIpc) is 3.78. The van der Waals surface area contributed by atoms with Gasteiger partial charge in [0.05, 0.1) is 7.11 Å². The van der Waals surface area contributed by atoms with Crippen molar-refractivity contribution in [2.24, 2.45) is 11.8 Å². The van der Waals surface area contributed by atoms with E-state index in [-0.39, 0.29) is 29.4 Å². The third-order valence-electron chi connectivity index (χ3n) is 8.52. The van der Waals surface area contributed by atoms with Crippen molar-refractivity contribution in [3.05, 3.63) is 47.5 Å². The summed E-state index contributed by atoms with van der Waals surface area (Å²) in [4.78, 5) is 23.8. The highest BCUT2D eigenvalue weighted by Crippen LogP contribution is 2.28. The fourth-order valence-electron chi connectivity index (χ4n) is 5.45. The number of rotatable bonds is 11. The molecule has 0 radical (unpaired) electrons. The van der Waals surface area contributed by atoms with E-state index in [9.17, 15) is 14.7 Å². The molecule has 3 N–H and O–H groups in total. The normalized spacial score (nSPS) is 14.2. The summed E-state index contributed by atoms with van der Waals surface area (Å²) >= 11 is 0. The lowest BCUT2D eigenvalue weighted by Gasteiger charge is -2.12. The zero-order valence-electron chi connectivity index (χ0n) is 29.6. The van der Waals surface area contributed by atoms with Crippen LogP contribution in [0.15, 0.2) is 36.4 Å². The third kappa shape index (κ3) is 16.7. The van der Waals surface area contributed by atoms with Gasteiger partial charge in [-0.2, -0.15) is 0 Å². The maximum atomic E-state index is 11.9. The summed E-state index contributed by atoms with van der Waals surface area (Å²) in [6, 6.07) is 11.0. The van der Waals surface area contributed by atoms with Gasteiger partial charge in [0.15, 0.2) is 0 Å². The predicted octanol–water partition coefficient (Wildman–Crippen LogP) is 11.1. The number of carbonyl (C=O) groups is 2. The maximum Gasteiger partial charge on any atom is 0.227 e. The van der Waals surface area contributed by atoms with Crippen molar-refractivity contribution in [1.29, 1.82) is 0 Å². The monoisotopic (exact) mass is 624 g/mol. The first-order chi connectivity index (χ1) is 21.7. The topological polar surface area (TPSA) is 87.7 Å². The maximum absolute atomic E-state index is 11.9. The van der Waals surface area contributed by atoms with Crippen LogP contribution in [0.1, 0.15) is 142 Å². The minimum Gasteiger partial charge on any atom is -0.508 e. The summed E-state index contributed by atoms with van der Waals surface area (Å²) in [7, 11) is 1.64. The van der Waals surface area contributed by atoms with E-state index >= 15 is 0 Å². The first kappa shape index (κ1) is 40.0. The Hall–Kier alpha value is -3.02. The molecule has 0 heterocycles. The summed E-state index contributed by atoms with van der Waals surface area (Å²) < 4.78 is 5.24. The van der Waals surface area contributed by atoms with Gasteiger partial charge in [0.1, 0.15) is 11.5 Å². The van der Waals surface area contributed by atoms with Crippen LogP contribution in [-0.2, 0) is 9.59 Å². The van der Waals surface area contributed by atoms with Gasteiger partial charge in [-0.25, -0.2) is 0 Å². The summed E-state index contributed by atoms with van der Waals surface area (Å²) in [5, 5.41) is 15.3. The summed E-state index contributed by atoms with van der Waals surface area (Å²) in [5.74, 6) is 1.62. The van der Waals surface area contributed by atoms with Crippen molar-refractivity contribution < 1.29 is 19.4 Å². The van der Waals surface area contributed by atoms with Gasteiger partial charge in [0, 0.05) is 35.3 Å². The Bertz CT molecular complexity index is 1070. The zero-order valence-corrected chi connectivity index (χ0v) is 29.6. The fraction of sp³-hybridized carbons (Fsp3) is 0.641. The largest absolute Gasteiger partial charge is 0.508 e. The van der Waals surface area contributed by atoms with Crippen LogP contribution < -0.4 is 15.4 Å². The lowest BCUT2D eigenvalue weighted by Crippen LogP contribution is -2.20. The second kappa shape index (κ2) is 24.2. The van der Waals surface area contributed by atoms with Crippen molar-refractivity contribution in [2.75, 3.05) is 17.7 Å². The molecular formula is C39H64N2O4. The molecule has 2 saturated carbocycles. The molecule has 6 nitrogen and oxygen atoms in total. The molecule has 254 valence electrons. The van der Waals surface area contributed by atoms with Gasteiger partial charge in [-0.05, 0) is 62.8 Å². The van der Waals surface area contributed by atoms with Crippen LogP contribution in [0.2, 0.25) is 0 Å². The van der Waals surface area contributed by atoms with Gasteiger partial charge < -0.3 is 20.5 Å². The number of unbranched alkanes of at least 4 members (excludes halogenated alkanes) is 6. The standard InChI is InChI=1S/C14H19NO2.C13H17NO2.2C6H14/c1-10-7-8-12(9-13(10)17-2)15-14(16)11-5-3-4-6-11;1-9-6-7-11(8-12(9)15)14-13(16)10-4-2-3-5-10;2*1-3-5-6-4-2/h7-9,11H,3-6H2,1-2H3,(H,15,16);6-8,10,15H,2-5H2,1H3,(H,14,16);2*3-6H2,1-2H3. The zero-order chi connectivity index (χ0) is 33.5. The highest BCUT2D eigenvalue weighted by atomic mass is 16.5. The van der Waals surface area contributed by atoms with Crippen molar-refractivity contribution in [1.82, 2.24) is 0 Å². The molecule has 0 aromatic heterocycles. The second-order valence-corrected chi connectivity index (χ2v) is 12.5. The Labute approximate surface area is 275 Å². The van der Waals surface area contributed by atoms with Gasteiger partial charge >= 0.3 is 0 Å². The number of hydrogen-bond donors (Lipinski definition) is 3. The molecule has 0 atom stereocenters. The SMILES string of the molecule is CCCCCC.CCCCCC.COc1cc(NC(=O)C2CCCC2)ccc1C.Cc1ccc(NC(=O)C2CCCC2)cc1O. The van der Waals surface area contributed by atoms with Gasteiger partial charge in [0.25, 0.3) is 0 Å². The number of methoxy groups -OCH3 is 1. The Balaban J connectivity index is 0.000000334. The number of hydrogen-bond acceptors (Lipinski definition) is 4. The second-order valence-electron chi connectivity index (χ2n) is 12.5. The average molecular weight is 625 g/mol. The van der Waals surface area contributed by atoms with Gasteiger partial charge in [-0.3, -0.25) is 9.59 Å². The quantitative estimate of drug-likeness (QED) is 0.217. The molecule has 0 bridgehead atoms. The van der Waals surface area contributed by atoms with E-state index in [1.807, 2.05) is 38.1 Å². The number of phenols is 1.